The molecule has 2 N–H and O–H groups in total. The third-order valence-corrected chi connectivity index (χ3v) is 3.49. The molecule has 0 saturated carbocycles. The molecule has 0 atom stereocenters. The van der Waals surface area contributed by atoms with Gasteiger partial charge < -0.3 is 10.6 Å². The molecule has 2 rings (SSSR count). The first kappa shape index (κ1) is 14.4. The van der Waals surface area contributed by atoms with Crippen molar-refractivity contribution in [2.75, 3.05) is 17.7 Å². The van der Waals surface area contributed by atoms with E-state index in [2.05, 4.69) is 79.9 Å². The lowest BCUT2D eigenvalue weighted by Crippen LogP contribution is -2.10. The van der Waals surface area contributed by atoms with Crippen molar-refractivity contribution in [1.29, 1.82) is 0 Å². The summed E-state index contributed by atoms with van der Waals surface area (Å²) in [7, 11) is 1.93. The molecular formula is C18H24N2. The lowest BCUT2D eigenvalue weighted by atomic mass is 9.87. The molecule has 20 heavy (non-hydrogen) atoms. The summed E-state index contributed by atoms with van der Waals surface area (Å²) in [5.41, 5.74) is 5.16. The van der Waals surface area contributed by atoms with E-state index in [4.69, 9.17) is 0 Å². The molecule has 0 spiro atoms. The molecule has 0 bridgehead atoms. The van der Waals surface area contributed by atoms with E-state index in [-0.39, 0.29) is 5.41 Å². The number of benzene rings is 2. The summed E-state index contributed by atoms with van der Waals surface area (Å²) in [4.78, 5) is 0. The van der Waals surface area contributed by atoms with Gasteiger partial charge in [0.25, 0.3) is 0 Å². The van der Waals surface area contributed by atoms with Crippen LogP contribution >= 0.6 is 0 Å². The zero-order chi connectivity index (χ0) is 14.6. The van der Waals surface area contributed by atoms with E-state index in [0.717, 1.165) is 17.9 Å². The molecular weight excluding hydrogens is 244 g/mol. The van der Waals surface area contributed by atoms with Crippen LogP contribution in [0, 0.1) is 0 Å². The van der Waals surface area contributed by atoms with E-state index in [1.54, 1.807) is 0 Å². The van der Waals surface area contributed by atoms with E-state index in [1.807, 2.05) is 7.05 Å². The smallest absolute Gasteiger partial charge is 0.0400 e. The zero-order valence-corrected chi connectivity index (χ0v) is 12.8. The Morgan fingerprint density at radius 3 is 1.85 bits per heavy atom. The Balaban J connectivity index is 1.96. The number of nitrogens with one attached hydrogen (secondary N) is 2. The van der Waals surface area contributed by atoms with Gasteiger partial charge in [-0.05, 0) is 40.8 Å². The van der Waals surface area contributed by atoms with Gasteiger partial charge in [0.05, 0.1) is 0 Å². The van der Waals surface area contributed by atoms with Gasteiger partial charge in [-0.1, -0.05) is 45.0 Å². The van der Waals surface area contributed by atoms with Gasteiger partial charge in [-0.3, -0.25) is 0 Å². The summed E-state index contributed by atoms with van der Waals surface area (Å²) < 4.78 is 0. The van der Waals surface area contributed by atoms with Crippen molar-refractivity contribution in [3.8, 4) is 0 Å². The lowest BCUT2D eigenvalue weighted by molar-refractivity contribution is 0.590. The van der Waals surface area contributed by atoms with Crippen LogP contribution in [0.4, 0.5) is 11.4 Å². The van der Waals surface area contributed by atoms with Crippen LogP contribution in [0.1, 0.15) is 31.9 Å². The largest absolute Gasteiger partial charge is 0.388 e. The third-order valence-electron chi connectivity index (χ3n) is 3.49. The van der Waals surface area contributed by atoms with Crippen LogP contribution in [0.5, 0.6) is 0 Å². The summed E-state index contributed by atoms with van der Waals surface area (Å²) in [6.07, 6.45) is 0. The molecule has 0 radical (unpaired) electrons. The van der Waals surface area contributed by atoms with Crippen LogP contribution in [-0.4, -0.2) is 7.05 Å². The highest BCUT2D eigenvalue weighted by Crippen LogP contribution is 2.23. The van der Waals surface area contributed by atoms with Crippen LogP contribution < -0.4 is 10.6 Å². The molecule has 0 aliphatic heterocycles. The molecule has 2 heteroatoms. The standard InChI is InChI=1S/C18H24N2/c1-18(2,3)15-7-11-17(12-8-15)20-13-14-5-9-16(19-4)10-6-14/h5-12,19-20H,13H2,1-4H3. The Kier molecular flexibility index (Phi) is 4.33. The van der Waals surface area contributed by atoms with Crippen LogP contribution in [0.3, 0.4) is 0 Å². The fraction of sp³-hybridized carbons (Fsp3) is 0.333. The Labute approximate surface area is 122 Å². The Hall–Kier alpha value is -1.96. The summed E-state index contributed by atoms with van der Waals surface area (Å²) in [6, 6.07) is 17.2. The summed E-state index contributed by atoms with van der Waals surface area (Å²) in [5, 5.41) is 6.58. The van der Waals surface area contributed by atoms with Gasteiger partial charge in [0.15, 0.2) is 0 Å². The van der Waals surface area contributed by atoms with Gasteiger partial charge in [-0.2, -0.15) is 0 Å². The number of rotatable bonds is 4. The maximum absolute atomic E-state index is 3.46. The summed E-state index contributed by atoms with van der Waals surface area (Å²) >= 11 is 0. The van der Waals surface area contributed by atoms with E-state index in [9.17, 15) is 0 Å². The van der Waals surface area contributed by atoms with E-state index >= 15 is 0 Å². The molecule has 0 aliphatic carbocycles. The second-order valence-corrected chi connectivity index (χ2v) is 6.13. The van der Waals surface area contributed by atoms with Crippen LogP contribution in [-0.2, 0) is 12.0 Å². The minimum absolute atomic E-state index is 0.210. The molecule has 0 amide bonds. The second-order valence-electron chi connectivity index (χ2n) is 6.13. The van der Waals surface area contributed by atoms with Crippen molar-refractivity contribution in [2.24, 2.45) is 0 Å². The number of hydrogen-bond acceptors (Lipinski definition) is 2. The minimum Gasteiger partial charge on any atom is -0.388 e. The predicted molar refractivity (Wildman–Crippen MR) is 88.5 cm³/mol. The first-order valence-corrected chi connectivity index (χ1v) is 7.10. The van der Waals surface area contributed by atoms with Crippen molar-refractivity contribution in [3.05, 3.63) is 59.7 Å². The highest BCUT2D eigenvalue weighted by molar-refractivity contribution is 5.48. The van der Waals surface area contributed by atoms with Crippen molar-refractivity contribution in [2.45, 2.75) is 32.7 Å². The van der Waals surface area contributed by atoms with Gasteiger partial charge in [-0.25, -0.2) is 0 Å². The highest BCUT2D eigenvalue weighted by Gasteiger charge is 2.12. The minimum atomic E-state index is 0.210. The van der Waals surface area contributed by atoms with Crippen LogP contribution in [0.2, 0.25) is 0 Å². The topological polar surface area (TPSA) is 24.1 Å². The number of hydrogen-bond donors (Lipinski definition) is 2. The van der Waals surface area contributed by atoms with E-state index < -0.39 is 0 Å². The maximum atomic E-state index is 3.46. The molecule has 0 fully saturated rings. The maximum Gasteiger partial charge on any atom is 0.0400 e. The molecule has 0 unspecified atom stereocenters. The Bertz CT molecular complexity index is 533. The summed E-state index contributed by atoms with van der Waals surface area (Å²) in [5.74, 6) is 0. The average molecular weight is 268 g/mol. The predicted octanol–water partition coefficient (Wildman–Crippen LogP) is 4.64. The van der Waals surface area contributed by atoms with Crippen LogP contribution in [0.25, 0.3) is 0 Å². The van der Waals surface area contributed by atoms with Crippen molar-refractivity contribution in [3.63, 3.8) is 0 Å². The molecule has 0 heterocycles. The summed E-state index contributed by atoms with van der Waals surface area (Å²) in [6.45, 7) is 7.55. The third kappa shape index (κ3) is 3.77. The lowest BCUT2D eigenvalue weighted by Gasteiger charge is -2.19. The molecule has 2 nitrogen and oxygen atoms in total. The molecule has 2 aromatic rings. The van der Waals surface area contributed by atoms with Crippen molar-refractivity contribution in [1.82, 2.24) is 0 Å². The molecule has 0 aromatic heterocycles. The van der Waals surface area contributed by atoms with E-state index in [1.165, 1.54) is 11.1 Å². The molecule has 2 aromatic carbocycles. The fourth-order valence-electron chi connectivity index (χ4n) is 2.08. The van der Waals surface area contributed by atoms with E-state index in [0.29, 0.717) is 0 Å². The number of anilines is 2. The first-order valence-electron chi connectivity index (χ1n) is 7.10. The first-order chi connectivity index (χ1) is 9.49. The van der Waals surface area contributed by atoms with Gasteiger partial charge in [0.1, 0.15) is 0 Å². The van der Waals surface area contributed by atoms with Gasteiger partial charge in [0, 0.05) is 25.0 Å². The van der Waals surface area contributed by atoms with Gasteiger partial charge in [0.2, 0.25) is 0 Å². The Morgan fingerprint density at radius 2 is 1.35 bits per heavy atom. The molecule has 0 saturated heterocycles. The highest BCUT2D eigenvalue weighted by atomic mass is 14.9. The normalized spacial score (nSPS) is 11.2. The monoisotopic (exact) mass is 268 g/mol. The van der Waals surface area contributed by atoms with Crippen molar-refractivity contribution >= 4 is 11.4 Å². The van der Waals surface area contributed by atoms with Crippen molar-refractivity contribution < 1.29 is 0 Å². The fourth-order valence-corrected chi connectivity index (χ4v) is 2.08. The van der Waals surface area contributed by atoms with Gasteiger partial charge >= 0.3 is 0 Å². The average Bonchev–Trinajstić information content (AvgIpc) is 2.45. The quantitative estimate of drug-likeness (QED) is 0.844. The SMILES string of the molecule is CNc1ccc(CNc2ccc(C(C)(C)C)cc2)cc1. The van der Waals surface area contributed by atoms with Gasteiger partial charge in [-0.15, -0.1) is 0 Å². The molecule has 106 valence electrons. The Morgan fingerprint density at radius 1 is 0.800 bits per heavy atom. The molecule has 0 aliphatic rings. The van der Waals surface area contributed by atoms with Crippen LogP contribution in [0.15, 0.2) is 48.5 Å². The second kappa shape index (κ2) is 6.00. The zero-order valence-electron chi connectivity index (χ0n) is 12.8.